The Balaban J connectivity index is 1.93. The van der Waals surface area contributed by atoms with Gasteiger partial charge in [0.05, 0.1) is 5.69 Å². The third-order valence-electron chi connectivity index (χ3n) is 3.80. The second-order valence-corrected chi connectivity index (χ2v) is 5.79. The number of hydrogen-bond acceptors (Lipinski definition) is 6. The summed E-state index contributed by atoms with van der Waals surface area (Å²) in [6, 6.07) is 0. The van der Waals surface area contributed by atoms with Crippen LogP contribution in [0.15, 0.2) is 11.6 Å². The molecule has 2 aromatic heterocycles. The maximum absolute atomic E-state index is 5.51. The molecule has 2 aromatic rings. The zero-order valence-electron chi connectivity index (χ0n) is 12.0. The number of hydrogen-bond donors (Lipinski definition) is 1. The molecule has 110 valence electrons. The Labute approximate surface area is 122 Å². The molecule has 0 aliphatic carbocycles. The van der Waals surface area contributed by atoms with Crippen LogP contribution in [-0.2, 0) is 16.0 Å². The van der Waals surface area contributed by atoms with E-state index < -0.39 is 0 Å². The highest BCUT2D eigenvalue weighted by atomic mass is 32.1. The highest BCUT2D eigenvalue weighted by molar-refractivity contribution is 7.15. The molecular formula is C13H20N4O2S. The lowest BCUT2D eigenvalue weighted by Crippen LogP contribution is -2.27. The first-order chi connectivity index (χ1) is 9.78. The van der Waals surface area contributed by atoms with Crippen LogP contribution in [0.4, 0.5) is 5.82 Å². The molecule has 0 saturated carbocycles. The van der Waals surface area contributed by atoms with Crippen LogP contribution in [0.2, 0.25) is 0 Å². The molecule has 7 heteroatoms. The Morgan fingerprint density at radius 3 is 2.65 bits per heavy atom. The number of nitrogens with zero attached hydrogens (tertiary/aromatic N) is 3. The predicted molar refractivity (Wildman–Crippen MR) is 79.6 cm³/mol. The van der Waals surface area contributed by atoms with Crippen molar-refractivity contribution in [2.75, 3.05) is 39.3 Å². The number of anilines is 1. The van der Waals surface area contributed by atoms with Crippen molar-refractivity contribution in [2.24, 2.45) is 0 Å². The molecule has 0 bridgehead atoms. The zero-order valence-corrected chi connectivity index (χ0v) is 12.8. The maximum atomic E-state index is 5.51. The Bertz CT molecular complexity index is 570. The Morgan fingerprint density at radius 2 is 2.05 bits per heavy atom. The summed E-state index contributed by atoms with van der Waals surface area (Å²) in [4.78, 5) is 8.05. The second kappa shape index (κ2) is 5.69. The van der Waals surface area contributed by atoms with Crippen molar-refractivity contribution >= 4 is 22.1 Å². The molecule has 1 saturated heterocycles. The molecule has 1 aliphatic rings. The molecule has 0 radical (unpaired) electrons. The summed E-state index contributed by atoms with van der Waals surface area (Å²) in [5.74, 6) is 1.04. The normalized spacial score (nSPS) is 23.1. The molecular weight excluding hydrogens is 276 g/mol. The van der Waals surface area contributed by atoms with E-state index >= 15 is 0 Å². The highest BCUT2D eigenvalue weighted by Gasteiger charge is 2.35. The molecule has 0 spiro atoms. The number of ether oxygens (including phenoxy) is 2. The number of aromatic nitrogens is 2. The molecule has 2 atom stereocenters. The Kier molecular flexibility index (Phi) is 3.93. The summed E-state index contributed by atoms with van der Waals surface area (Å²) in [6.07, 6.45) is 2.27. The summed E-state index contributed by atoms with van der Waals surface area (Å²) < 4.78 is 13.2. The van der Waals surface area contributed by atoms with Crippen LogP contribution in [0, 0.1) is 0 Å². The lowest BCUT2D eigenvalue weighted by molar-refractivity contribution is -0.00461. The van der Waals surface area contributed by atoms with E-state index in [1.54, 1.807) is 25.6 Å². The summed E-state index contributed by atoms with van der Waals surface area (Å²) in [5, 5.41) is 5.28. The van der Waals surface area contributed by atoms with E-state index in [2.05, 4.69) is 26.2 Å². The molecule has 3 heterocycles. The molecule has 0 amide bonds. The van der Waals surface area contributed by atoms with E-state index in [0.29, 0.717) is 0 Å². The van der Waals surface area contributed by atoms with Gasteiger partial charge in [0.2, 0.25) is 0 Å². The SMILES string of the molecule is CNCc1c(N2CC(OC)C(OC)C2)nc2sccn12. The van der Waals surface area contributed by atoms with Crippen molar-refractivity contribution < 1.29 is 9.47 Å². The minimum absolute atomic E-state index is 0.0992. The quantitative estimate of drug-likeness (QED) is 0.891. The monoisotopic (exact) mass is 296 g/mol. The highest BCUT2D eigenvalue weighted by Crippen LogP contribution is 2.28. The van der Waals surface area contributed by atoms with Crippen LogP contribution in [-0.4, -0.2) is 55.9 Å². The predicted octanol–water partition coefficient (Wildman–Crippen LogP) is 0.965. The van der Waals surface area contributed by atoms with Crippen LogP contribution < -0.4 is 10.2 Å². The number of fused-ring (bicyclic) bond motifs is 1. The molecule has 2 unspecified atom stereocenters. The van der Waals surface area contributed by atoms with Gasteiger partial charge in [0.1, 0.15) is 12.2 Å². The first-order valence-corrected chi connectivity index (χ1v) is 7.56. The average molecular weight is 296 g/mol. The van der Waals surface area contributed by atoms with Gasteiger partial charge in [-0.3, -0.25) is 4.40 Å². The number of thiazole rings is 1. The van der Waals surface area contributed by atoms with Crippen molar-refractivity contribution in [3.05, 3.63) is 17.3 Å². The van der Waals surface area contributed by atoms with E-state index in [-0.39, 0.29) is 12.2 Å². The number of nitrogens with one attached hydrogen (secondary N) is 1. The first-order valence-electron chi connectivity index (χ1n) is 6.68. The third kappa shape index (κ3) is 2.20. The number of methoxy groups -OCH3 is 2. The van der Waals surface area contributed by atoms with Gasteiger partial charge in [-0.1, -0.05) is 0 Å². The minimum atomic E-state index is 0.0992. The fourth-order valence-electron chi connectivity index (χ4n) is 2.78. The van der Waals surface area contributed by atoms with Gasteiger partial charge >= 0.3 is 0 Å². The van der Waals surface area contributed by atoms with E-state index in [1.807, 2.05) is 7.05 Å². The van der Waals surface area contributed by atoms with Crippen LogP contribution in [0.3, 0.4) is 0 Å². The average Bonchev–Trinajstić information content (AvgIpc) is 3.13. The van der Waals surface area contributed by atoms with Gasteiger partial charge in [-0.05, 0) is 7.05 Å². The van der Waals surface area contributed by atoms with E-state index in [9.17, 15) is 0 Å². The lowest BCUT2D eigenvalue weighted by Gasteiger charge is -2.17. The lowest BCUT2D eigenvalue weighted by atomic mass is 10.3. The maximum Gasteiger partial charge on any atom is 0.195 e. The fourth-order valence-corrected chi connectivity index (χ4v) is 3.50. The molecule has 1 aliphatic heterocycles. The molecule has 3 rings (SSSR count). The second-order valence-electron chi connectivity index (χ2n) is 4.92. The molecule has 6 nitrogen and oxygen atoms in total. The summed E-state index contributed by atoms with van der Waals surface area (Å²) in [5.41, 5.74) is 1.19. The van der Waals surface area contributed by atoms with Gasteiger partial charge in [0.15, 0.2) is 10.8 Å². The van der Waals surface area contributed by atoms with Crippen molar-refractivity contribution in [1.29, 1.82) is 0 Å². The fraction of sp³-hybridized carbons (Fsp3) is 0.615. The first kappa shape index (κ1) is 13.8. The van der Waals surface area contributed by atoms with Gasteiger partial charge in [-0.25, -0.2) is 4.98 Å². The Morgan fingerprint density at radius 1 is 1.35 bits per heavy atom. The van der Waals surface area contributed by atoms with Crippen LogP contribution in [0.1, 0.15) is 5.69 Å². The van der Waals surface area contributed by atoms with E-state index in [1.165, 1.54) is 5.69 Å². The standard InChI is InChI=1S/C13H20N4O2S/c1-14-6-9-12(15-13-17(9)4-5-20-13)16-7-10(18-2)11(8-16)19-3/h4-5,10-11,14H,6-8H2,1-3H3. The number of rotatable bonds is 5. The summed E-state index contributed by atoms with van der Waals surface area (Å²) in [7, 11) is 5.43. The molecule has 20 heavy (non-hydrogen) atoms. The van der Waals surface area contributed by atoms with Crippen LogP contribution in [0.5, 0.6) is 0 Å². The number of imidazole rings is 1. The molecule has 1 N–H and O–H groups in total. The van der Waals surface area contributed by atoms with Gasteiger partial charge in [0.25, 0.3) is 0 Å². The largest absolute Gasteiger partial charge is 0.377 e. The van der Waals surface area contributed by atoms with Gasteiger partial charge in [0, 0.05) is 45.4 Å². The van der Waals surface area contributed by atoms with Crippen LogP contribution in [0.25, 0.3) is 4.96 Å². The minimum Gasteiger partial charge on any atom is -0.377 e. The summed E-state index contributed by atoms with van der Waals surface area (Å²) in [6.45, 7) is 2.42. The van der Waals surface area contributed by atoms with Crippen molar-refractivity contribution in [2.45, 2.75) is 18.8 Å². The molecule has 1 fully saturated rings. The topological polar surface area (TPSA) is 51.0 Å². The third-order valence-corrected chi connectivity index (χ3v) is 4.56. The molecule has 0 aromatic carbocycles. The van der Waals surface area contributed by atoms with E-state index in [4.69, 9.17) is 14.5 Å². The van der Waals surface area contributed by atoms with Gasteiger partial charge in [-0.15, -0.1) is 11.3 Å². The smallest absolute Gasteiger partial charge is 0.195 e. The Hall–Kier alpha value is -1.15. The van der Waals surface area contributed by atoms with Crippen molar-refractivity contribution in [3.8, 4) is 0 Å². The summed E-state index contributed by atoms with van der Waals surface area (Å²) >= 11 is 1.65. The van der Waals surface area contributed by atoms with Crippen molar-refractivity contribution in [1.82, 2.24) is 14.7 Å². The van der Waals surface area contributed by atoms with Crippen molar-refractivity contribution in [3.63, 3.8) is 0 Å². The van der Waals surface area contributed by atoms with E-state index in [0.717, 1.165) is 30.4 Å². The van der Waals surface area contributed by atoms with Gasteiger partial charge < -0.3 is 19.7 Å². The van der Waals surface area contributed by atoms with Crippen LogP contribution >= 0.6 is 11.3 Å². The van der Waals surface area contributed by atoms with Gasteiger partial charge in [-0.2, -0.15) is 0 Å². The zero-order chi connectivity index (χ0) is 14.1.